The first kappa shape index (κ1) is 14.7. The molecule has 0 amide bonds. The first-order valence-corrected chi connectivity index (χ1v) is 4.27. The van der Waals surface area contributed by atoms with E-state index in [2.05, 4.69) is 4.74 Å². The van der Waals surface area contributed by atoms with Crippen LogP contribution in [0, 0.1) is 5.82 Å². The van der Waals surface area contributed by atoms with Crippen LogP contribution in [0.25, 0.3) is 0 Å². The molecule has 1 atom stereocenters. The maximum Gasteiger partial charge on any atom is 0.327 e. The van der Waals surface area contributed by atoms with Crippen molar-refractivity contribution in [1.82, 2.24) is 0 Å². The minimum Gasteiger partial charge on any atom is -0.497 e. The molecule has 0 bridgehead atoms. The highest BCUT2D eigenvalue weighted by Crippen LogP contribution is 2.21. The van der Waals surface area contributed by atoms with Crippen molar-refractivity contribution in [3.8, 4) is 5.75 Å². The molecule has 16 heavy (non-hydrogen) atoms. The summed E-state index contributed by atoms with van der Waals surface area (Å²) in [7, 11) is 2.62. The average molecular weight is 250 g/mol. The van der Waals surface area contributed by atoms with Gasteiger partial charge in [0.05, 0.1) is 14.2 Å². The van der Waals surface area contributed by atoms with Gasteiger partial charge in [-0.2, -0.15) is 0 Å². The molecule has 90 valence electrons. The molecular formula is C10H13ClFNO3. The number of ether oxygens (including phenoxy) is 2. The van der Waals surface area contributed by atoms with Gasteiger partial charge >= 0.3 is 5.97 Å². The molecule has 0 heterocycles. The van der Waals surface area contributed by atoms with E-state index in [-0.39, 0.29) is 18.0 Å². The topological polar surface area (TPSA) is 61.5 Å². The number of methoxy groups -OCH3 is 2. The molecule has 0 aromatic heterocycles. The Bertz CT molecular complexity index is 373. The predicted octanol–water partition coefficient (Wildman–Crippen LogP) is 1.43. The van der Waals surface area contributed by atoms with E-state index >= 15 is 0 Å². The van der Waals surface area contributed by atoms with Crippen molar-refractivity contribution in [2.75, 3.05) is 14.2 Å². The van der Waals surface area contributed by atoms with E-state index in [1.807, 2.05) is 0 Å². The van der Waals surface area contributed by atoms with Gasteiger partial charge in [-0.1, -0.05) is 6.07 Å². The monoisotopic (exact) mass is 249 g/mol. The fraction of sp³-hybridized carbons (Fsp3) is 0.300. The average Bonchev–Trinajstić information content (AvgIpc) is 2.26. The number of carbonyl (C=O) groups excluding carboxylic acids is 1. The lowest BCUT2D eigenvalue weighted by atomic mass is 10.1. The molecule has 1 rings (SSSR count). The van der Waals surface area contributed by atoms with Crippen molar-refractivity contribution in [1.29, 1.82) is 0 Å². The molecular weight excluding hydrogens is 237 g/mol. The Morgan fingerprint density at radius 3 is 2.50 bits per heavy atom. The zero-order chi connectivity index (χ0) is 11.4. The van der Waals surface area contributed by atoms with Gasteiger partial charge in [0.15, 0.2) is 0 Å². The van der Waals surface area contributed by atoms with Crippen LogP contribution in [0.5, 0.6) is 5.75 Å². The smallest absolute Gasteiger partial charge is 0.327 e. The molecule has 0 saturated carbocycles. The van der Waals surface area contributed by atoms with Gasteiger partial charge in [-0.15, -0.1) is 12.4 Å². The molecule has 0 aliphatic heterocycles. The maximum absolute atomic E-state index is 13.4. The van der Waals surface area contributed by atoms with Gasteiger partial charge in [-0.25, -0.2) is 4.39 Å². The van der Waals surface area contributed by atoms with E-state index in [0.717, 1.165) is 6.07 Å². The molecule has 0 aliphatic rings. The number of benzene rings is 1. The predicted molar refractivity (Wildman–Crippen MR) is 59.1 cm³/mol. The van der Waals surface area contributed by atoms with Crippen molar-refractivity contribution in [2.45, 2.75) is 6.04 Å². The van der Waals surface area contributed by atoms with E-state index in [4.69, 9.17) is 10.5 Å². The first-order chi connectivity index (χ1) is 7.10. The van der Waals surface area contributed by atoms with Crippen molar-refractivity contribution in [2.24, 2.45) is 5.73 Å². The molecule has 1 aromatic rings. The second-order valence-corrected chi connectivity index (χ2v) is 2.89. The highest BCUT2D eigenvalue weighted by molar-refractivity contribution is 5.85. The molecule has 4 nitrogen and oxygen atoms in total. The van der Waals surface area contributed by atoms with Crippen LogP contribution in [-0.4, -0.2) is 20.2 Å². The van der Waals surface area contributed by atoms with Gasteiger partial charge in [0, 0.05) is 11.6 Å². The van der Waals surface area contributed by atoms with Crippen LogP contribution in [0.3, 0.4) is 0 Å². The third-order valence-electron chi connectivity index (χ3n) is 2.00. The summed E-state index contributed by atoms with van der Waals surface area (Å²) in [6, 6.07) is 2.98. The van der Waals surface area contributed by atoms with Gasteiger partial charge in [0.25, 0.3) is 0 Å². The Morgan fingerprint density at radius 1 is 1.44 bits per heavy atom. The quantitative estimate of drug-likeness (QED) is 0.824. The summed E-state index contributed by atoms with van der Waals surface area (Å²) in [5.41, 5.74) is 5.57. The van der Waals surface area contributed by atoms with Gasteiger partial charge in [0.2, 0.25) is 0 Å². The summed E-state index contributed by atoms with van der Waals surface area (Å²) in [5.74, 6) is -0.903. The lowest BCUT2D eigenvalue weighted by molar-refractivity contribution is -0.142. The van der Waals surface area contributed by atoms with E-state index in [1.165, 1.54) is 26.4 Å². The van der Waals surface area contributed by atoms with E-state index < -0.39 is 17.8 Å². The zero-order valence-electron chi connectivity index (χ0n) is 8.90. The molecule has 0 radical (unpaired) electrons. The van der Waals surface area contributed by atoms with Crippen molar-refractivity contribution >= 4 is 18.4 Å². The van der Waals surface area contributed by atoms with Crippen molar-refractivity contribution < 1.29 is 18.7 Å². The lowest BCUT2D eigenvalue weighted by Crippen LogP contribution is -2.23. The largest absolute Gasteiger partial charge is 0.497 e. The molecule has 1 unspecified atom stereocenters. The van der Waals surface area contributed by atoms with E-state index in [1.54, 1.807) is 0 Å². The second-order valence-electron chi connectivity index (χ2n) is 2.89. The summed E-state index contributed by atoms with van der Waals surface area (Å²) < 4.78 is 22.7. The van der Waals surface area contributed by atoms with Crippen LogP contribution in [0.4, 0.5) is 4.39 Å². The highest BCUT2D eigenvalue weighted by Gasteiger charge is 2.20. The summed E-state index contributed by atoms with van der Waals surface area (Å²) in [4.78, 5) is 11.1. The number of carbonyl (C=O) groups is 1. The van der Waals surface area contributed by atoms with Gasteiger partial charge in [-0.3, -0.25) is 4.79 Å². The number of esters is 1. The van der Waals surface area contributed by atoms with Crippen molar-refractivity contribution in [3.63, 3.8) is 0 Å². The highest BCUT2D eigenvalue weighted by atomic mass is 35.5. The molecule has 0 spiro atoms. The molecule has 1 aromatic carbocycles. The number of rotatable bonds is 3. The Morgan fingerprint density at radius 2 is 2.06 bits per heavy atom. The zero-order valence-corrected chi connectivity index (χ0v) is 9.71. The molecule has 0 saturated heterocycles. The Balaban J connectivity index is 0.00000225. The molecule has 6 heteroatoms. The van der Waals surface area contributed by atoms with Crippen LogP contribution in [0.1, 0.15) is 11.6 Å². The Hall–Kier alpha value is -1.33. The summed E-state index contributed by atoms with van der Waals surface area (Å²) >= 11 is 0. The van der Waals surface area contributed by atoms with Crippen molar-refractivity contribution in [3.05, 3.63) is 29.6 Å². The SMILES string of the molecule is COC(=O)C(N)c1ccc(OC)cc1F.Cl. The standard InChI is InChI=1S/C10H12FNO3.ClH/c1-14-6-3-4-7(8(11)5-6)9(12)10(13)15-2;/h3-5,9H,12H2,1-2H3;1H. The minimum atomic E-state index is -1.11. The number of hydrogen-bond donors (Lipinski definition) is 1. The van der Waals surface area contributed by atoms with Gasteiger partial charge in [0.1, 0.15) is 17.6 Å². The number of halogens is 2. The third kappa shape index (κ3) is 3.08. The molecule has 0 fully saturated rings. The lowest BCUT2D eigenvalue weighted by Gasteiger charge is -2.11. The first-order valence-electron chi connectivity index (χ1n) is 4.27. The fourth-order valence-electron chi connectivity index (χ4n) is 1.14. The summed E-state index contributed by atoms with van der Waals surface area (Å²) in [6.45, 7) is 0. The fourth-order valence-corrected chi connectivity index (χ4v) is 1.14. The Kier molecular flexibility index (Phi) is 5.77. The third-order valence-corrected chi connectivity index (χ3v) is 2.00. The van der Waals surface area contributed by atoms with Gasteiger partial charge < -0.3 is 15.2 Å². The Labute approximate surface area is 98.9 Å². The summed E-state index contributed by atoms with van der Waals surface area (Å²) in [6.07, 6.45) is 0. The number of nitrogens with two attached hydrogens (primary N) is 1. The van der Waals surface area contributed by atoms with Crippen LogP contribution in [0.2, 0.25) is 0 Å². The van der Waals surface area contributed by atoms with E-state index in [9.17, 15) is 9.18 Å². The van der Waals surface area contributed by atoms with Gasteiger partial charge in [-0.05, 0) is 6.07 Å². The number of hydrogen-bond acceptors (Lipinski definition) is 4. The van der Waals surface area contributed by atoms with Crippen LogP contribution in [-0.2, 0) is 9.53 Å². The second kappa shape index (κ2) is 6.30. The van der Waals surface area contributed by atoms with Crippen LogP contribution in [0.15, 0.2) is 18.2 Å². The maximum atomic E-state index is 13.4. The molecule has 0 aliphatic carbocycles. The van der Waals surface area contributed by atoms with Crippen LogP contribution < -0.4 is 10.5 Å². The van der Waals surface area contributed by atoms with E-state index in [0.29, 0.717) is 5.75 Å². The van der Waals surface area contributed by atoms with Crippen LogP contribution >= 0.6 is 12.4 Å². The normalized spacial score (nSPS) is 11.2. The summed E-state index contributed by atoms with van der Waals surface area (Å²) in [5, 5.41) is 0. The molecule has 2 N–H and O–H groups in total. The minimum absolute atomic E-state index is 0.